The van der Waals surface area contributed by atoms with Crippen LogP contribution in [0.25, 0.3) is 0 Å². The lowest BCUT2D eigenvalue weighted by atomic mass is 10.1. The van der Waals surface area contributed by atoms with Gasteiger partial charge in [0.1, 0.15) is 13.2 Å². The predicted octanol–water partition coefficient (Wildman–Crippen LogP) is 2.57. The lowest BCUT2D eigenvalue weighted by Gasteiger charge is -2.17. The molecule has 0 aliphatic rings. The Balaban J connectivity index is 4.54. The van der Waals surface area contributed by atoms with Crippen LogP contribution < -0.4 is 5.73 Å². The van der Waals surface area contributed by atoms with Crippen LogP contribution in [0.3, 0.4) is 0 Å². The zero-order valence-electron chi connectivity index (χ0n) is 9.66. The SMILES string of the molecule is C=CCO/C(N)=C(/OCC=C)C(C)CC. The van der Waals surface area contributed by atoms with Gasteiger partial charge in [0, 0.05) is 5.92 Å². The standard InChI is InChI=1S/C12H21NO2/c1-5-8-14-11(10(4)7-3)12(13)15-9-6-2/h5-6,10H,1-2,7-9,13H2,3-4H3/b12-11+. The highest BCUT2D eigenvalue weighted by molar-refractivity contribution is 5.02. The molecule has 0 amide bonds. The molecule has 3 heteroatoms. The maximum absolute atomic E-state index is 5.77. The maximum atomic E-state index is 5.77. The molecule has 2 N–H and O–H groups in total. The first kappa shape index (κ1) is 13.6. The molecule has 0 radical (unpaired) electrons. The van der Waals surface area contributed by atoms with E-state index in [0.717, 1.165) is 6.42 Å². The van der Waals surface area contributed by atoms with Crippen molar-refractivity contribution in [1.29, 1.82) is 0 Å². The number of hydrogen-bond donors (Lipinski definition) is 1. The van der Waals surface area contributed by atoms with Crippen molar-refractivity contribution in [2.45, 2.75) is 20.3 Å². The van der Waals surface area contributed by atoms with Crippen molar-refractivity contribution >= 4 is 0 Å². The summed E-state index contributed by atoms with van der Waals surface area (Å²) in [6, 6.07) is 0. The Morgan fingerprint density at radius 3 is 2.27 bits per heavy atom. The first-order valence-electron chi connectivity index (χ1n) is 5.14. The van der Waals surface area contributed by atoms with Crippen molar-refractivity contribution in [2.75, 3.05) is 13.2 Å². The molecule has 0 aliphatic heterocycles. The molecule has 0 heterocycles. The van der Waals surface area contributed by atoms with E-state index < -0.39 is 0 Å². The van der Waals surface area contributed by atoms with Crippen LogP contribution in [0.5, 0.6) is 0 Å². The second kappa shape index (κ2) is 7.97. The molecule has 0 aliphatic carbocycles. The molecule has 0 fully saturated rings. The molecule has 1 unspecified atom stereocenters. The molecule has 0 aromatic rings. The van der Waals surface area contributed by atoms with Crippen molar-refractivity contribution in [1.82, 2.24) is 0 Å². The van der Waals surface area contributed by atoms with Gasteiger partial charge in [0.05, 0.1) is 0 Å². The smallest absolute Gasteiger partial charge is 0.223 e. The van der Waals surface area contributed by atoms with Crippen LogP contribution in [0.4, 0.5) is 0 Å². The average molecular weight is 211 g/mol. The first-order chi connectivity index (χ1) is 7.17. The zero-order valence-corrected chi connectivity index (χ0v) is 9.66. The van der Waals surface area contributed by atoms with Gasteiger partial charge in [-0.05, 0) is 6.42 Å². The summed E-state index contributed by atoms with van der Waals surface area (Å²) in [6.45, 7) is 12.1. The number of hydrogen-bond acceptors (Lipinski definition) is 3. The highest BCUT2D eigenvalue weighted by Crippen LogP contribution is 2.18. The van der Waals surface area contributed by atoms with E-state index in [9.17, 15) is 0 Å². The van der Waals surface area contributed by atoms with Crippen LogP contribution in [0, 0.1) is 5.92 Å². The van der Waals surface area contributed by atoms with E-state index in [1.807, 2.05) is 6.92 Å². The second-order valence-electron chi connectivity index (χ2n) is 3.24. The molecule has 0 saturated carbocycles. The molecule has 3 nitrogen and oxygen atoms in total. The van der Waals surface area contributed by atoms with Gasteiger partial charge in [-0.15, -0.1) is 0 Å². The van der Waals surface area contributed by atoms with Gasteiger partial charge in [0.25, 0.3) is 0 Å². The lowest BCUT2D eigenvalue weighted by molar-refractivity contribution is 0.155. The molecule has 15 heavy (non-hydrogen) atoms. The summed E-state index contributed by atoms with van der Waals surface area (Å²) in [4.78, 5) is 0. The molecule has 0 spiro atoms. The Hall–Kier alpha value is -1.38. The fraction of sp³-hybridized carbons (Fsp3) is 0.500. The third kappa shape index (κ3) is 5.15. The topological polar surface area (TPSA) is 44.5 Å². The van der Waals surface area contributed by atoms with Gasteiger partial charge in [-0.1, -0.05) is 39.2 Å². The van der Waals surface area contributed by atoms with E-state index in [1.54, 1.807) is 12.2 Å². The van der Waals surface area contributed by atoms with Crippen molar-refractivity contribution in [3.05, 3.63) is 37.0 Å². The summed E-state index contributed by atoms with van der Waals surface area (Å²) >= 11 is 0. The molecule has 1 atom stereocenters. The largest absolute Gasteiger partial charge is 0.488 e. The summed E-state index contributed by atoms with van der Waals surface area (Å²) < 4.78 is 10.7. The van der Waals surface area contributed by atoms with Crippen molar-refractivity contribution in [2.24, 2.45) is 11.7 Å². The van der Waals surface area contributed by atoms with Gasteiger partial charge in [-0.25, -0.2) is 0 Å². The van der Waals surface area contributed by atoms with E-state index >= 15 is 0 Å². The Kier molecular flexibility index (Phi) is 7.24. The highest BCUT2D eigenvalue weighted by atomic mass is 16.5. The van der Waals surface area contributed by atoms with Crippen molar-refractivity contribution in [3.8, 4) is 0 Å². The van der Waals surface area contributed by atoms with Gasteiger partial charge in [0.15, 0.2) is 5.76 Å². The number of ether oxygens (including phenoxy) is 2. The van der Waals surface area contributed by atoms with Gasteiger partial charge >= 0.3 is 0 Å². The fourth-order valence-electron chi connectivity index (χ4n) is 1.01. The Morgan fingerprint density at radius 2 is 1.80 bits per heavy atom. The van der Waals surface area contributed by atoms with Crippen LogP contribution >= 0.6 is 0 Å². The van der Waals surface area contributed by atoms with Crippen molar-refractivity contribution in [3.63, 3.8) is 0 Å². The van der Waals surface area contributed by atoms with E-state index in [4.69, 9.17) is 15.2 Å². The third-order valence-corrected chi connectivity index (χ3v) is 2.02. The van der Waals surface area contributed by atoms with E-state index in [-0.39, 0.29) is 5.92 Å². The number of nitrogens with two attached hydrogens (primary N) is 1. The minimum Gasteiger partial charge on any atom is -0.488 e. The Labute approximate surface area is 92.3 Å². The first-order valence-corrected chi connectivity index (χ1v) is 5.14. The Morgan fingerprint density at radius 1 is 1.27 bits per heavy atom. The molecular formula is C12H21NO2. The fourth-order valence-corrected chi connectivity index (χ4v) is 1.01. The van der Waals surface area contributed by atoms with E-state index in [1.165, 1.54) is 0 Å². The minimum atomic E-state index is 0.245. The maximum Gasteiger partial charge on any atom is 0.223 e. The van der Waals surface area contributed by atoms with Gasteiger partial charge in [-0.3, -0.25) is 0 Å². The van der Waals surface area contributed by atoms with E-state index in [2.05, 4.69) is 20.1 Å². The predicted molar refractivity (Wildman–Crippen MR) is 63.0 cm³/mol. The molecule has 0 saturated heterocycles. The van der Waals surface area contributed by atoms with E-state index in [0.29, 0.717) is 24.9 Å². The Bertz CT molecular complexity index is 234. The van der Waals surface area contributed by atoms with Crippen molar-refractivity contribution < 1.29 is 9.47 Å². The summed E-state index contributed by atoms with van der Waals surface area (Å²) in [5.74, 6) is 1.28. The third-order valence-electron chi connectivity index (χ3n) is 2.02. The van der Waals surface area contributed by atoms with Crippen LogP contribution in [0.15, 0.2) is 37.0 Å². The highest BCUT2D eigenvalue weighted by Gasteiger charge is 2.13. The number of rotatable bonds is 8. The molecule has 86 valence electrons. The molecular weight excluding hydrogens is 190 g/mol. The molecule has 0 aromatic heterocycles. The summed E-state index contributed by atoms with van der Waals surface area (Å²) in [6.07, 6.45) is 4.28. The normalized spacial score (nSPS) is 13.7. The average Bonchev–Trinajstić information content (AvgIpc) is 2.26. The quantitative estimate of drug-likeness (QED) is 0.495. The van der Waals surface area contributed by atoms with Crippen LogP contribution in [0.2, 0.25) is 0 Å². The van der Waals surface area contributed by atoms with Crippen LogP contribution in [0.1, 0.15) is 20.3 Å². The van der Waals surface area contributed by atoms with Crippen LogP contribution in [-0.4, -0.2) is 13.2 Å². The van der Waals surface area contributed by atoms with Crippen LogP contribution in [-0.2, 0) is 9.47 Å². The zero-order chi connectivity index (χ0) is 11.7. The minimum absolute atomic E-state index is 0.245. The summed E-state index contributed by atoms with van der Waals surface area (Å²) in [5.41, 5.74) is 5.77. The number of allylic oxidation sites excluding steroid dienone is 1. The monoisotopic (exact) mass is 211 g/mol. The molecule has 0 aromatic carbocycles. The lowest BCUT2D eigenvalue weighted by Crippen LogP contribution is -2.14. The molecule has 0 rings (SSSR count). The molecule has 0 bridgehead atoms. The van der Waals surface area contributed by atoms with Gasteiger partial charge < -0.3 is 15.2 Å². The second-order valence-corrected chi connectivity index (χ2v) is 3.24. The summed E-state index contributed by atoms with van der Waals surface area (Å²) in [5, 5.41) is 0. The van der Waals surface area contributed by atoms with Gasteiger partial charge in [0.2, 0.25) is 5.88 Å². The summed E-state index contributed by atoms with van der Waals surface area (Å²) in [7, 11) is 0. The van der Waals surface area contributed by atoms with Gasteiger partial charge in [-0.2, -0.15) is 0 Å².